The van der Waals surface area contributed by atoms with Crippen LogP contribution in [0.1, 0.15) is 40.9 Å². The molecule has 1 amide bonds. The van der Waals surface area contributed by atoms with Gasteiger partial charge in [-0.1, -0.05) is 11.6 Å². The number of ether oxygens (including phenoxy) is 1. The second-order valence-corrected chi connectivity index (χ2v) is 6.82. The van der Waals surface area contributed by atoms with Crippen LogP contribution in [0.15, 0.2) is 24.3 Å². The first-order valence-electron chi connectivity index (χ1n) is 9.07. The van der Waals surface area contributed by atoms with E-state index < -0.39 is 0 Å². The van der Waals surface area contributed by atoms with E-state index in [1.165, 1.54) is 5.56 Å². The van der Waals surface area contributed by atoms with Crippen LogP contribution in [0.4, 0.5) is 0 Å². The first-order chi connectivity index (χ1) is 12.1. The van der Waals surface area contributed by atoms with Crippen LogP contribution in [-0.2, 0) is 4.74 Å². The number of piperidine rings is 1. The molecular weight excluding hydrogens is 385 g/mol. The number of carbonyl (C=O) groups is 1. The Morgan fingerprint density at radius 3 is 2.59 bits per heavy atom. The van der Waals surface area contributed by atoms with E-state index in [2.05, 4.69) is 18.0 Å². The lowest BCUT2D eigenvalue weighted by atomic mass is 10.0. The lowest BCUT2D eigenvalue weighted by Crippen LogP contribution is -2.41. The van der Waals surface area contributed by atoms with Crippen molar-refractivity contribution in [1.29, 1.82) is 0 Å². The van der Waals surface area contributed by atoms with Gasteiger partial charge in [0.1, 0.15) is 0 Å². The number of benzene rings is 1. The monoisotopic (exact) mass is 413 g/mol. The zero-order valence-corrected chi connectivity index (χ0v) is 17.6. The summed E-state index contributed by atoms with van der Waals surface area (Å²) >= 11 is 0. The van der Waals surface area contributed by atoms with Crippen LogP contribution < -0.4 is 5.73 Å². The highest BCUT2D eigenvalue weighted by molar-refractivity contribution is 5.98. The Kier molecular flexibility index (Phi) is 9.47. The van der Waals surface area contributed by atoms with Gasteiger partial charge in [-0.15, -0.1) is 24.8 Å². The third-order valence-corrected chi connectivity index (χ3v) is 4.82. The Morgan fingerprint density at radius 1 is 1.22 bits per heavy atom. The van der Waals surface area contributed by atoms with Gasteiger partial charge < -0.3 is 15.4 Å². The van der Waals surface area contributed by atoms with E-state index in [0.717, 1.165) is 48.9 Å². The Balaban J connectivity index is 0.00000182. The maximum atomic E-state index is 12.9. The van der Waals surface area contributed by atoms with Crippen molar-refractivity contribution in [1.82, 2.24) is 9.88 Å². The van der Waals surface area contributed by atoms with Crippen molar-refractivity contribution >= 4 is 41.6 Å². The standard InChI is InChI=1S/C20H27N3O2.2ClH/c1-14-4-5-19-16(12-14)13-18(15(2)22-19)20(24)23-9-6-17(7-10-23)25-11-3-8-21;;/h4-5,12-13,17H,3,6-11,21H2,1-2H3;2*1H. The molecule has 150 valence electrons. The smallest absolute Gasteiger partial charge is 0.255 e. The summed E-state index contributed by atoms with van der Waals surface area (Å²) in [5, 5.41) is 1.02. The summed E-state index contributed by atoms with van der Waals surface area (Å²) in [4.78, 5) is 19.5. The number of halogens is 2. The van der Waals surface area contributed by atoms with Gasteiger partial charge >= 0.3 is 0 Å². The van der Waals surface area contributed by atoms with Crippen LogP contribution >= 0.6 is 24.8 Å². The SMILES string of the molecule is Cc1ccc2nc(C)c(C(=O)N3CCC(OCCCN)CC3)cc2c1.Cl.Cl. The van der Waals surface area contributed by atoms with Crippen molar-refractivity contribution in [2.45, 2.75) is 39.2 Å². The highest BCUT2D eigenvalue weighted by Gasteiger charge is 2.25. The minimum absolute atomic E-state index is 0. The van der Waals surface area contributed by atoms with Gasteiger partial charge in [0, 0.05) is 25.1 Å². The molecule has 0 bridgehead atoms. The number of hydrogen-bond donors (Lipinski definition) is 1. The number of aromatic nitrogens is 1. The molecule has 7 heteroatoms. The van der Waals surface area contributed by atoms with Crippen molar-refractivity contribution in [2.75, 3.05) is 26.2 Å². The van der Waals surface area contributed by atoms with Crippen LogP contribution in [0.3, 0.4) is 0 Å². The molecule has 0 unspecified atom stereocenters. The topological polar surface area (TPSA) is 68.5 Å². The summed E-state index contributed by atoms with van der Waals surface area (Å²) in [6.07, 6.45) is 2.90. The minimum atomic E-state index is 0. The Labute approximate surface area is 173 Å². The van der Waals surface area contributed by atoms with Crippen molar-refractivity contribution in [2.24, 2.45) is 5.73 Å². The summed E-state index contributed by atoms with van der Waals surface area (Å²) in [5.41, 5.74) is 9.11. The molecule has 5 nitrogen and oxygen atoms in total. The Bertz CT molecular complexity index is 762. The highest BCUT2D eigenvalue weighted by Crippen LogP contribution is 2.22. The average molecular weight is 414 g/mol. The summed E-state index contributed by atoms with van der Waals surface area (Å²) in [6, 6.07) is 8.12. The van der Waals surface area contributed by atoms with Gasteiger partial charge in [-0.3, -0.25) is 9.78 Å². The van der Waals surface area contributed by atoms with Crippen molar-refractivity contribution < 1.29 is 9.53 Å². The summed E-state index contributed by atoms with van der Waals surface area (Å²) in [7, 11) is 0. The lowest BCUT2D eigenvalue weighted by molar-refractivity contribution is 0.00842. The fraction of sp³-hybridized carbons (Fsp3) is 0.500. The van der Waals surface area contributed by atoms with Crippen LogP contribution in [0.25, 0.3) is 10.9 Å². The first kappa shape index (κ1) is 23.6. The van der Waals surface area contributed by atoms with E-state index in [-0.39, 0.29) is 36.8 Å². The van der Waals surface area contributed by atoms with E-state index in [1.54, 1.807) is 0 Å². The Morgan fingerprint density at radius 2 is 1.93 bits per heavy atom. The Hall–Kier alpha value is -1.40. The maximum Gasteiger partial charge on any atom is 0.255 e. The summed E-state index contributed by atoms with van der Waals surface area (Å²) in [6.45, 7) is 6.80. The molecule has 0 spiro atoms. The fourth-order valence-electron chi connectivity index (χ4n) is 3.34. The number of rotatable bonds is 5. The fourth-order valence-corrected chi connectivity index (χ4v) is 3.34. The second-order valence-electron chi connectivity index (χ2n) is 6.82. The lowest BCUT2D eigenvalue weighted by Gasteiger charge is -2.32. The number of carbonyl (C=O) groups excluding carboxylic acids is 1. The first-order valence-corrected chi connectivity index (χ1v) is 9.07. The van der Waals surface area contributed by atoms with Crippen molar-refractivity contribution in [3.8, 4) is 0 Å². The number of amides is 1. The summed E-state index contributed by atoms with van der Waals surface area (Å²) in [5.74, 6) is 0.0776. The predicted octanol–water partition coefficient (Wildman–Crippen LogP) is 3.67. The number of likely N-dealkylation sites (tertiary alicyclic amines) is 1. The third-order valence-electron chi connectivity index (χ3n) is 4.82. The van der Waals surface area contributed by atoms with Gasteiger partial charge in [0.05, 0.1) is 22.9 Å². The van der Waals surface area contributed by atoms with Crippen LogP contribution in [0.5, 0.6) is 0 Å². The molecule has 2 heterocycles. The quantitative estimate of drug-likeness (QED) is 0.759. The normalized spacial score (nSPS) is 14.6. The third kappa shape index (κ3) is 5.79. The van der Waals surface area contributed by atoms with Crippen molar-refractivity contribution in [3.63, 3.8) is 0 Å². The number of pyridine rings is 1. The predicted molar refractivity (Wildman–Crippen MR) is 114 cm³/mol. The molecule has 1 aliphatic heterocycles. The molecule has 2 aromatic rings. The van der Waals surface area contributed by atoms with E-state index in [0.29, 0.717) is 18.7 Å². The molecule has 1 aliphatic rings. The molecule has 27 heavy (non-hydrogen) atoms. The molecule has 1 aromatic carbocycles. The number of fused-ring (bicyclic) bond motifs is 1. The van der Waals surface area contributed by atoms with E-state index >= 15 is 0 Å². The van der Waals surface area contributed by atoms with Gasteiger partial charge in [0.25, 0.3) is 5.91 Å². The number of hydrogen-bond acceptors (Lipinski definition) is 4. The zero-order valence-electron chi connectivity index (χ0n) is 15.9. The van der Waals surface area contributed by atoms with Gasteiger partial charge in [-0.2, -0.15) is 0 Å². The molecule has 0 radical (unpaired) electrons. The van der Waals surface area contributed by atoms with Crippen LogP contribution in [-0.4, -0.2) is 48.1 Å². The van der Waals surface area contributed by atoms with E-state index in [9.17, 15) is 4.79 Å². The molecule has 1 saturated heterocycles. The minimum Gasteiger partial charge on any atom is -0.378 e. The van der Waals surface area contributed by atoms with Crippen molar-refractivity contribution in [3.05, 3.63) is 41.1 Å². The summed E-state index contributed by atoms with van der Waals surface area (Å²) < 4.78 is 5.82. The molecule has 3 rings (SSSR count). The van der Waals surface area contributed by atoms with Gasteiger partial charge in [0.15, 0.2) is 0 Å². The zero-order chi connectivity index (χ0) is 17.8. The van der Waals surface area contributed by atoms with Gasteiger partial charge in [-0.05, 0) is 57.9 Å². The van der Waals surface area contributed by atoms with Gasteiger partial charge in [0.2, 0.25) is 0 Å². The van der Waals surface area contributed by atoms with Crippen LogP contribution in [0, 0.1) is 13.8 Å². The molecular formula is C20H29Cl2N3O2. The van der Waals surface area contributed by atoms with Gasteiger partial charge in [-0.25, -0.2) is 0 Å². The number of nitrogens with two attached hydrogens (primary N) is 1. The molecule has 0 atom stereocenters. The molecule has 0 aliphatic carbocycles. The largest absolute Gasteiger partial charge is 0.378 e. The molecule has 1 aromatic heterocycles. The molecule has 1 fully saturated rings. The van der Waals surface area contributed by atoms with E-state index in [1.807, 2.05) is 30.0 Å². The van der Waals surface area contributed by atoms with E-state index in [4.69, 9.17) is 10.5 Å². The van der Waals surface area contributed by atoms with Crippen LogP contribution in [0.2, 0.25) is 0 Å². The maximum absolute atomic E-state index is 12.9. The average Bonchev–Trinajstić information content (AvgIpc) is 2.62. The highest BCUT2D eigenvalue weighted by atomic mass is 35.5. The second kappa shape index (κ2) is 10.8. The number of nitrogens with zero attached hydrogens (tertiary/aromatic N) is 2. The number of aryl methyl sites for hydroxylation is 2. The molecule has 0 saturated carbocycles. The molecule has 2 N–H and O–H groups in total.